The molecule has 2 aromatic rings. The predicted octanol–water partition coefficient (Wildman–Crippen LogP) is 3.71. The van der Waals surface area contributed by atoms with Crippen LogP contribution in [0.25, 0.3) is 11.0 Å². The molecule has 3 fully saturated rings. The number of likely N-dealkylation sites (tertiary alicyclic amines) is 1. The zero-order chi connectivity index (χ0) is 20.7. The zero-order valence-corrected chi connectivity index (χ0v) is 17.3. The lowest BCUT2D eigenvalue weighted by atomic mass is 9.89. The molecule has 1 saturated heterocycles. The number of rotatable bonds is 6. The average molecular weight is 411 g/mol. The summed E-state index contributed by atoms with van der Waals surface area (Å²) in [6.07, 6.45) is 8.66. The molecule has 0 radical (unpaired) electrons. The molecular formula is C23H30N4O3. The highest BCUT2D eigenvalue weighted by Crippen LogP contribution is 2.58. The molecule has 1 aromatic carbocycles. The van der Waals surface area contributed by atoms with Crippen LogP contribution in [0.3, 0.4) is 0 Å². The predicted molar refractivity (Wildman–Crippen MR) is 111 cm³/mol. The van der Waals surface area contributed by atoms with Gasteiger partial charge in [0.05, 0.1) is 17.1 Å². The smallest absolute Gasteiger partial charge is 0.244 e. The van der Waals surface area contributed by atoms with Gasteiger partial charge >= 0.3 is 0 Å². The Labute approximate surface area is 176 Å². The van der Waals surface area contributed by atoms with Crippen molar-refractivity contribution >= 4 is 22.8 Å². The number of hydrogen-bond acceptors (Lipinski definition) is 4. The summed E-state index contributed by atoms with van der Waals surface area (Å²) in [6.45, 7) is 0.745. The Morgan fingerprint density at radius 2 is 2.03 bits per heavy atom. The van der Waals surface area contributed by atoms with E-state index in [1.165, 1.54) is 12.8 Å². The number of imidazole rings is 1. The Kier molecular flexibility index (Phi) is 5.01. The normalized spacial score (nSPS) is 23.9. The van der Waals surface area contributed by atoms with E-state index in [1.807, 2.05) is 29.2 Å². The molecule has 5 rings (SSSR count). The third kappa shape index (κ3) is 3.71. The van der Waals surface area contributed by atoms with E-state index < -0.39 is 5.91 Å². The van der Waals surface area contributed by atoms with Gasteiger partial charge in [-0.1, -0.05) is 37.8 Å². The SMILES string of the molecule is O=C(CC(CC1CCCC1)C(=O)N1CC2(CC2)C[C@H]1c1nc2ccccc2[nH]1)NO. The van der Waals surface area contributed by atoms with E-state index in [0.29, 0.717) is 5.92 Å². The van der Waals surface area contributed by atoms with E-state index >= 15 is 0 Å². The summed E-state index contributed by atoms with van der Waals surface area (Å²) in [4.78, 5) is 35.9. The van der Waals surface area contributed by atoms with Crippen molar-refractivity contribution in [1.29, 1.82) is 0 Å². The summed E-state index contributed by atoms with van der Waals surface area (Å²) < 4.78 is 0. The monoisotopic (exact) mass is 410 g/mol. The first kappa shape index (κ1) is 19.5. The van der Waals surface area contributed by atoms with Crippen molar-refractivity contribution in [3.8, 4) is 0 Å². The lowest BCUT2D eigenvalue weighted by Gasteiger charge is -2.29. The summed E-state index contributed by atoms with van der Waals surface area (Å²) >= 11 is 0. The highest BCUT2D eigenvalue weighted by atomic mass is 16.5. The second-order valence-corrected chi connectivity index (χ2v) is 9.65. The Hall–Kier alpha value is -2.41. The van der Waals surface area contributed by atoms with Crippen LogP contribution in [-0.2, 0) is 9.59 Å². The van der Waals surface area contributed by atoms with Crippen molar-refractivity contribution < 1.29 is 14.8 Å². The van der Waals surface area contributed by atoms with Gasteiger partial charge in [0.2, 0.25) is 11.8 Å². The van der Waals surface area contributed by atoms with Gasteiger partial charge in [-0.05, 0) is 49.1 Å². The van der Waals surface area contributed by atoms with E-state index in [9.17, 15) is 9.59 Å². The van der Waals surface area contributed by atoms with Crippen molar-refractivity contribution in [2.75, 3.05) is 6.54 Å². The molecular weight excluding hydrogens is 380 g/mol. The van der Waals surface area contributed by atoms with Crippen LogP contribution in [0.4, 0.5) is 0 Å². The van der Waals surface area contributed by atoms with Gasteiger partial charge in [0.1, 0.15) is 5.82 Å². The van der Waals surface area contributed by atoms with Crippen molar-refractivity contribution in [3.05, 3.63) is 30.1 Å². The number of para-hydroxylation sites is 2. The first-order valence-corrected chi connectivity index (χ1v) is 11.2. The van der Waals surface area contributed by atoms with Crippen LogP contribution >= 0.6 is 0 Å². The molecule has 30 heavy (non-hydrogen) atoms. The first-order chi connectivity index (χ1) is 14.6. The number of H-pyrrole nitrogens is 1. The molecule has 3 N–H and O–H groups in total. The maximum absolute atomic E-state index is 13.7. The van der Waals surface area contributed by atoms with Crippen LogP contribution in [0.5, 0.6) is 0 Å². The van der Waals surface area contributed by atoms with Crippen molar-refractivity contribution in [2.45, 2.75) is 63.8 Å². The molecule has 160 valence electrons. The second-order valence-electron chi connectivity index (χ2n) is 9.65. The average Bonchev–Trinajstić information content (AvgIpc) is 3.12. The summed E-state index contributed by atoms with van der Waals surface area (Å²) in [6, 6.07) is 7.87. The maximum Gasteiger partial charge on any atom is 0.244 e. The molecule has 1 spiro atoms. The highest BCUT2D eigenvalue weighted by Gasteiger charge is 2.55. The van der Waals surface area contributed by atoms with E-state index in [1.54, 1.807) is 5.48 Å². The van der Waals surface area contributed by atoms with Crippen LogP contribution in [0, 0.1) is 17.3 Å². The number of hydrogen-bond donors (Lipinski definition) is 3. The molecule has 2 aliphatic carbocycles. The number of nitrogens with zero attached hydrogens (tertiary/aromatic N) is 2. The molecule has 7 heteroatoms. The Morgan fingerprint density at radius 3 is 2.73 bits per heavy atom. The Bertz CT molecular complexity index is 912. The molecule has 2 heterocycles. The first-order valence-electron chi connectivity index (χ1n) is 11.2. The van der Waals surface area contributed by atoms with Crippen LogP contribution < -0.4 is 5.48 Å². The maximum atomic E-state index is 13.7. The van der Waals surface area contributed by atoms with Gasteiger partial charge in [-0.25, -0.2) is 10.5 Å². The molecule has 2 amide bonds. The highest BCUT2D eigenvalue weighted by molar-refractivity contribution is 5.86. The van der Waals surface area contributed by atoms with E-state index in [4.69, 9.17) is 10.2 Å². The fourth-order valence-corrected chi connectivity index (χ4v) is 5.63. The number of aromatic amines is 1. The minimum Gasteiger partial charge on any atom is -0.340 e. The second kappa shape index (κ2) is 7.69. The van der Waals surface area contributed by atoms with Gasteiger partial charge in [-0.15, -0.1) is 0 Å². The van der Waals surface area contributed by atoms with Crippen LogP contribution in [0.1, 0.15) is 69.7 Å². The summed E-state index contributed by atoms with van der Waals surface area (Å²) in [5.41, 5.74) is 3.85. The molecule has 3 aliphatic rings. The van der Waals surface area contributed by atoms with Gasteiger partial charge in [-0.2, -0.15) is 0 Å². The lowest BCUT2D eigenvalue weighted by Crippen LogP contribution is -2.39. The molecule has 1 unspecified atom stereocenters. The fraction of sp³-hybridized carbons (Fsp3) is 0.609. The van der Waals surface area contributed by atoms with Gasteiger partial charge < -0.3 is 9.88 Å². The summed E-state index contributed by atoms with van der Waals surface area (Å²) in [5, 5.41) is 9.06. The Morgan fingerprint density at radius 1 is 1.27 bits per heavy atom. The van der Waals surface area contributed by atoms with E-state index in [0.717, 1.165) is 61.9 Å². The number of benzene rings is 1. The standard InChI is InChI=1S/C23H30N4O3/c28-20(26-30)12-16(11-15-5-1-2-6-15)22(29)27-14-23(9-10-23)13-19(27)21-24-17-7-3-4-8-18(17)25-21/h3-4,7-8,15-16,19,30H,1-2,5-6,9-14H2,(H,24,25)(H,26,28)/t16?,19-/m0/s1. The lowest BCUT2D eigenvalue weighted by molar-refractivity contribution is -0.142. The van der Waals surface area contributed by atoms with Gasteiger partial charge in [0, 0.05) is 18.9 Å². The molecule has 2 atom stereocenters. The third-order valence-electron chi connectivity index (χ3n) is 7.47. The molecule has 7 nitrogen and oxygen atoms in total. The summed E-state index contributed by atoms with van der Waals surface area (Å²) in [5.74, 6) is 0.514. The van der Waals surface area contributed by atoms with Gasteiger partial charge in [0.25, 0.3) is 0 Å². The topological polar surface area (TPSA) is 98.3 Å². The quantitative estimate of drug-likeness (QED) is 0.499. The fourth-order valence-electron chi connectivity index (χ4n) is 5.63. The number of fused-ring (bicyclic) bond motifs is 1. The molecule has 1 aromatic heterocycles. The minimum absolute atomic E-state index is 0.0414. The summed E-state index contributed by atoms with van der Waals surface area (Å²) in [7, 11) is 0. The third-order valence-corrected chi connectivity index (χ3v) is 7.47. The van der Waals surface area contributed by atoms with E-state index in [-0.39, 0.29) is 29.7 Å². The van der Waals surface area contributed by atoms with Crippen LogP contribution in [0.15, 0.2) is 24.3 Å². The molecule has 1 aliphatic heterocycles. The van der Waals surface area contributed by atoms with E-state index in [2.05, 4.69) is 4.98 Å². The van der Waals surface area contributed by atoms with Crippen molar-refractivity contribution in [1.82, 2.24) is 20.3 Å². The number of hydroxylamine groups is 1. The molecule has 0 bridgehead atoms. The zero-order valence-electron chi connectivity index (χ0n) is 17.3. The number of nitrogens with one attached hydrogen (secondary N) is 2. The number of aromatic nitrogens is 2. The minimum atomic E-state index is -0.480. The number of carbonyl (C=O) groups excluding carboxylic acids is 2. The van der Waals surface area contributed by atoms with Gasteiger partial charge in [0.15, 0.2) is 0 Å². The van der Waals surface area contributed by atoms with Crippen LogP contribution in [0.2, 0.25) is 0 Å². The molecule has 2 saturated carbocycles. The van der Waals surface area contributed by atoms with Crippen LogP contribution in [-0.4, -0.2) is 38.4 Å². The van der Waals surface area contributed by atoms with Crippen molar-refractivity contribution in [2.24, 2.45) is 17.3 Å². The Balaban J connectivity index is 1.41. The number of carbonyl (C=O) groups is 2. The van der Waals surface area contributed by atoms with Gasteiger partial charge in [-0.3, -0.25) is 14.8 Å². The number of amides is 2. The largest absolute Gasteiger partial charge is 0.340 e. The van der Waals surface area contributed by atoms with Crippen molar-refractivity contribution in [3.63, 3.8) is 0 Å².